The summed E-state index contributed by atoms with van der Waals surface area (Å²) < 4.78 is 4.88. The molecule has 1 radical (unpaired) electrons. The number of fused-ring (bicyclic) bond motifs is 1. The molecule has 0 saturated carbocycles. The molecule has 1 aromatic carbocycles. The number of benzene rings is 1. The van der Waals surface area contributed by atoms with Gasteiger partial charge >= 0.3 is 5.97 Å². The maximum absolute atomic E-state index is 11.5. The van der Waals surface area contributed by atoms with Crippen LogP contribution in [0.2, 0.25) is 0 Å². The number of carboxylic acid groups (broad SMARTS) is 1. The maximum atomic E-state index is 11.5. The standard InChI is InChI=1S/C10H5O4/c11-9-6-3-1-2-4-8(6)14-5-7(9)10(12)13/h1-4H,(H,12,13). The molecular weight excluding hydrogens is 184 g/mol. The van der Waals surface area contributed by atoms with Gasteiger partial charge in [-0.25, -0.2) is 4.79 Å². The second-order valence-corrected chi connectivity index (χ2v) is 2.71. The summed E-state index contributed by atoms with van der Waals surface area (Å²) in [7, 11) is 0. The number of para-hydroxylation sites is 1. The number of hydrogen-bond acceptors (Lipinski definition) is 3. The second-order valence-electron chi connectivity index (χ2n) is 2.71. The van der Waals surface area contributed by atoms with Gasteiger partial charge in [-0.3, -0.25) is 4.79 Å². The van der Waals surface area contributed by atoms with Crippen LogP contribution in [0.1, 0.15) is 10.4 Å². The average molecular weight is 189 g/mol. The van der Waals surface area contributed by atoms with Gasteiger partial charge in [-0.05, 0) is 12.1 Å². The van der Waals surface area contributed by atoms with Gasteiger partial charge in [-0.1, -0.05) is 12.1 Å². The molecule has 0 fully saturated rings. The molecule has 1 heterocycles. The lowest BCUT2D eigenvalue weighted by Gasteiger charge is -1.95. The van der Waals surface area contributed by atoms with Gasteiger partial charge in [-0.15, -0.1) is 0 Å². The largest absolute Gasteiger partial charge is 0.477 e. The Balaban J connectivity index is 2.89. The molecule has 2 rings (SSSR count). The van der Waals surface area contributed by atoms with Crippen molar-refractivity contribution in [2.75, 3.05) is 0 Å². The third-order valence-electron chi connectivity index (χ3n) is 1.84. The van der Waals surface area contributed by atoms with Crippen LogP contribution in [-0.2, 0) is 0 Å². The van der Waals surface area contributed by atoms with Crippen molar-refractivity contribution in [3.8, 4) is 0 Å². The van der Waals surface area contributed by atoms with E-state index < -0.39 is 17.0 Å². The van der Waals surface area contributed by atoms with Crippen molar-refractivity contribution in [3.63, 3.8) is 0 Å². The zero-order valence-corrected chi connectivity index (χ0v) is 6.98. The summed E-state index contributed by atoms with van der Waals surface area (Å²) in [5.74, 6) is -1.33. The fourth-order valence-electron chi connectivity index (χ4n) is 1.17. The SMILES string of the molecule is O=C(O)c1[c]oc2ccccc2c1=O. The van der Waals surface area contributed by atoms with Gasteiger partial charge in [0, 0.05) is 0 Å². The van der Waals surface area contributed by atoms with Crippen LogP contribution >= 0.6 is 0 Å². The first-order valence-electron chi connectivity index (χ1n) is 3.87. The summed E-state index contributed by atoms with van der Waals surface area (Å²) in [6.07, 6.45) is 2.09. The van der Waals surface area contributed by atoms with Crippen LogP contribution in [0.25, 0.3) is 11.0 Å². The predicted molar refractivity (Wildman–Crippen MR) is 48.3 cm³/mol. The summed E-state index contributed by atoms with van der Waals surface area (Å²) in [4.78, 5) is 22.1. The van der Waals surface area contributed by atoms with E-state index in [1.54, 1.807) is 18.2 Å². The summed E-state index contributed by atoms with van der Waals surface area (Å²) in [6, 6.07) is 6.44. The Morgan fingerprint density at radius 2 is 2.07 bits per heavy atom. The topological polar surface area (TPSA) is 67.5 Å². The van der Waals surface area contributed by atoms with Crippen molar-refractivity contribution >= 4 is 16.9 Å². The van der Waals surface area contributed by atoms with Gasteiger partial charge in [0.2, 0.25) is 5.43 Å². The summed E-state index contributed by atoms with van der Waals surface area (Å²) in [6.45, 7) is 0. The predicted octanol–water partition coefficient (Wildman–Crippen LogP) is 1.29. The third kappa shape index (κ3) is 1.17. The molecule has 0 unspecified atom stereocenters. The second kappa shape index (κ2) is 2.99. The molecule has 0 aliphatic carbocycles. The highest BCUT2D eigenvalue weighted by molar-refractivity contribution is 5.91. The van der Waals surface area contributed by atoms with Crippen molar-refractivity contribution in [2.45, 2.75) is 0 Å². The molecule has 1 N–H and O–H groups in total. The molecule has 1 aromatic heterocycles. The molecule has 4 nitrogen and oxygen atoms in total. The Kier molecular flexibility index (Phi) is 1.81. The van der Waals surface area contributed by atoms with Crippen molar-refractivity contribution in [1.29, 1.82) is 0 Å². The first kappa shape index (κ1) is 8.50. The van der Waals surface area contributed by atoms with Crippen LogP contribution < -0.4 is 5.43 Å². The van der Waals surface area contributed by atoms with Gasteiger partial charge in [0.25, 0.3) is 0 Å². The molecule has 0 aliphatic heterocycles. The minimum Gasteiger partial charge on any atom is -0.477 e. The molecule has 0 amide bonds. The van der Waals surface area contributed by atoms with Crippen LogP contribution in [0.15, 0.2) is 33.5 Å². The van der Waals surface area contributed by atoms with Gasteiger partial charge in [-0.2, -0.15) is 0 Å². The van der Waals surface area contributed by atoms with E-state index in [2.05, 4.69) is 6.26 Å². The van der Waals surface area contributed by atoms with E-state index in [9.17, 15) is 9.59 Å². The summed E-state index contributed by atoms with van der Waals surface area (Å²) in [5.41, 5.74) is -0.703. The van der Waals surface area contributed by atoms with E-state index in [0.717, 1.165) is 0 Å². The van der Waals surface area contributed by atoms with Gasteiger partial charge < -0.3 is 9.52 Å². The minimum atomic E-state index is -1.33. The Morgan fingerprint density at radius 3 is 2.79 bits per heavy atom. The molecule has 0 spiro atoms. The molecule has 0 saturated heterocycles. The van der Waals surface area contributed by atoms with Crippen LogP contribution in [0.4, 0.5) is 0 Å². The van der Waals surface area contributed by atoms with E-state index in [4.69, 9.17) is 9.52 Å². The van der Waals surface area contributed by atoms with Crippen molar-refractivity contribution in [3.05, 3.63) is 46.3 Å². The van der Waals surface area contributed by atoms with Crippen molar-refractivity contribution in [2.24, 2.45) is 0 Å². The number of hydrogen-bond donors (Lipinski definition) is 1. The van der Waals surface area contributed by atoms with Gasteiger partial charge in [0.1, 0.15) is 5.58 Å². The Labute approximate surface area is 78.4 Å². The molecule has 69 valence electrons. The normalized spacial score (nSPS) is 10.3. The number of aromatic carboxylic acids is 1. The van der Waals surface area contributed by atoms with Crippen LogP contribution in [0.3, 0.4) is 0 Å². The van der Waals surface area contributed by atoms with Crippen LogP contribution in [-0.4, -0.2) is 11.1 Å². The van der Waals surface area contributed by atoms with E-state index >= 15 is 0 Å². The Morgan fingerprint density at radius 1 is 1.36 bits per heavy atom. The minimum absolute atomic E-state index is 0.253. The van der Waals surface area contributed by atoms with Crippen LogP contribution in [0, 0.1) is 6.26 Å². The zero-order chi connectivity index (χ0) is 10.1. The maximum Gasteiger partial charge on any atom is 0.343 e. The summed E-state index contributed by atoms with van der Waals surface area (Å²) >= 11 is 0. The summed E-state index contributed by atoms with van der Waals surface area (Å²) in [5, 5.41) is 8.89. The quantitative estimate of drug-likeness (QED) is 0.733. The molecule has 14 heavy (non-hydrogen) atoms. The van der Waals surface area contributed by atoms with Crippen LogP contribution in [0.5, 0.6) is 0 Å². The average Bonchev–Trinajstić information content (AvgIpc) is 2.18. The molecular formula is C10H5O4. The van der Waals surface area contributed by atoms with Crippen molar-refractivity contribution in [1.82, 2.24) is 0 Å². The van der Waals surface area contributed by atoms with Gasteiger partial charge in [0.15, 0.2) is 11.8 Å². The molecule has 2 aromatic rings. The number of carboxylic acids is 1. The highest BCUT2D eigenvalue weighted by Gasteiger charge is 2.12. The lowest BCUT2D eigenvalue weighted by Crippen LogP contribution is -2.14. The lowest BCUT2D eigenvalue weighted by atomic mass is 10.2. The first-order chi connectivity index (χ1) is 6.70. The highest BCUT2D eigenvalue weighted by atomic mass is 16.4. The first-order valence-corrected chi connectivity index (χ1v) is 3.87. The van der Waals surface area contributed by atoms with E-state index in [-0.39, 0.29) is 5.39 Å². The molecule has 4 heteroatoms. The van der Waals surface area contributed by atoms with E-state index in [1.807, 2.05) is 0 Å². The number of carbonyl (C=O) groups is 1. The fraction of sp³-hybridized carbons (Fsp3) is 0. The zero-order valence-electron chi connectivity index (χ0n) is 6.98. The van der Waals surface area contributed by atoms with Crippen molar-refractivity contribution < 1.29 is 14.3 Å². The fourth-order valence-corrected chi connectivity index (χ4v) is 1.17. The van der Waals surface area contributed by atoms with E-state index in [0.29, 0.717) is 5.58 Å². The van der Waals surface area contributed by atoms with Gasteiger partial charge in [0.05, 0.1) is 5.39 Å². The Bertz CT molecular complexity index is 553. The smallest absolute Gasteiger partial charge is 0.343 e. The lowest BCUT2D eigenvalue weighted by molar-refractivity contribution is 0.0693. The molecule has 0 atom stereocenters. The molecule has 0 bridgehead atoms. The Hall–Kier alpha value is -2.10. The van der Waals surface area contributed by atoms with E-state index in [1.165, 1.54) is 6.07 Å². The third-order valence-corrected chi connectivity index (χ3v) is 1.84. The highest BCUT2D eigenvalue weighted by Crippen LogP contribution is 2.09. The monoisotopic (exact) mass is 189 g/mol. The number of rotatable bonds is 1. The molecule has 0 aliphatic rings.